The molecule has 5 heteroatoms. The van der Waals surface area contributed by atoms with Gasteiger partial charge in [0, 0.05) is 5.56 Å². The van der Waals surface area contributed by atoms with Gasteiger partial charge in [-0.3, -0.25) is 4.79 Å². The molecule has 0 fully saturated rings. The van der Waals surface area contributed by atoms with Gasteiger partial charge in [-0.05, 0) is 30.4 Å². The van der Waals surface area contributed by atoms with Crippen molar-refractivity contribution in [2.24, 2.45) is 11.7 Å². The number of carbonyl (C=O) groups is 1. The molecule has 0 radical (unpaired) electrons. The first-order chi connectivity index (χ1) is 9.42. The van der Waals surface area contributed by atoms with Crippen LogP contribution in [0.1, 0.15) is 31.7 Å². The van der Waals surface area contributed by atoms with Crippen molar-refractivity contribution in [2.45, 2.75) is 32.2 Å². The van der Waals surface area contributed by atoms with E-state index in [1.165, 1.54) is 0 Å². The number of benzene rings is 1. The Labute approximate surface area is 119 Å². The minimum absolute atomic E-state index is 0.0755. The fourth-order valence-corrected chi connectivity index (χ4v) is 2.32. The number of methoxy groups -OCH3 is 2. The van der Waals surface area contributed by atoms with Crippen LogP contribution in [-0.2, 0) is 4.79 Å². The predicted molar refractivity (Wildman–Crippen MR) is 77.4 cm³/mol. The smallest absolute Gasteiger partial charge is 0.320 e. The van der Waals surface area contributed by atoms with E-state index in [9.17, 15) is 4.79 Å². The Bertz CT molecular complexity index is 439. The summed E-state index contributed by atoms with van der Waals surface area (Å²) < 4.78 is 10.8. The molecular formula is C15H23NO4. The Morgan fingerprint density at radius 1 is 1.25 bits per heavy atom. The zero-order valence-corrected chi connectivity index (χ0v) is 12.4. The van der Waals surface area contributed by atoms with Gasteiger partial charge < -0.3 is 20.3 Å². The molecule has 0 saturated heterocycles. The summed E-state index contributed by atoms with van der Waals surface area (Å²) in [6.07, 6.45) is 0.400. The number of aliphatic carboxylic acids is 1. The highest BCUT2D eigenvalue weighted by atomic mass is 16.5. The van der Waals surface area contributed by atoms with Crippen LogP contribution in [0.15, 0.2) is 18.2 Å². The number of ether oxygens (including phenoxy) is 2. The molecule has 0 heterocycles. The molecule has 0 spiro atoms. The van der Waals surface area contributed by atoms with Crippen LogP contribution in [0.3, 0.4) is 0 Å². The molecule has 0 aliphatic heterocycles. The minimum Gasteiger partial charge on any atom is -0.496 e. The Hall–Kier alpha value is -1.75. The van der Waals surface area contributed by atoms with Gasteiger partial charge >= 0.3 is 5.97 Å². The quantitative estimate of drug-likeness (QED) is 0.801. The van der Waals surface area contributed by atoms with E-state index in [-0.39, 0.29) is 11.8 Å². The monoisotopic (exact) mass is 281 g/mol. The first-order valence-corrected chi connectivity index (χ1v) is 6.61. The molecule has 112 valence electrons. The first-order valence-electron chi connectivity index (χ1n) is 6.61. The molecule has 1 aromatic rings. The van der Waals surface area contributed by atoms with Gasteiger partial charge in [-0.1, -0.05) is 19.9 Å². The zero-order chi connectivity index (χ0) is 15.3. The lowest BCUT2D eigenvalue weighted by molar-refractivity contribution is -0.138. The second kappa shape index (κ2) is 7.14. The number of rotatable bonds is 7. The van der Waals surface area contributed by atoms with Crippen LogP contribution < -0.4 is 15.2 Å². The van der Waals surface area contributed by atoms with Gasteiger partial charge in [0.15, 0.2) is 0 Å². The van der Waals surface area contributed by atoms with Crippen molar-refractivity contribution in [3.05, 3.63) is 23.8 Å². The number of nitrogens with two attached hydrogens (primary N) is 1. The Morgan fingerprint density at radius 3 is 2.15 bits per heavy atom. The molecule has 5 nitrogen and oxygen atoms in total. The Morgan fingerprint density at radius 2 is 1.75 bits per heavy atom. The minimum atomic E-state index is -0.976. The normalized spacial score (nSPS) is 15.2. The van der Waals surface area contributed by atoms with Crippen molar-refractivity contribution in [1.82, 2.24) is 0 Å². The molecule has 1 aromatic carbocycles. The lowest BCUT2D eigenvalue weighted by Crippen LogP contribution is -2.32. The second-order valence-corrected chi connectivity index (χ2v) is 5.02. The maximum atomic E-state index is 10.9. The van der Waals surface area contributed by atoms with E-state index in [1.54, 1.807) is 14.2 Å². The van der Waals surface area contributed by atoms with Crippen molar-refractivity contribution in [3.8, 4) is 11.5 Å². The number of carboxylic acids is 1. The third-order valence-electron chi connectivity index (χ3n) is 3.72. The van der Waals surface area contributed by atoms with Crippen LogP contribution in [0.25, 0.3) is 0 Å². The SMILES string of the molecule is COc1cccc(OC)c1C(C)C(C)CC(N)C(=O)O. The van der Waals surface area contributed by atoms with Crippen LogP contribution in [-0.4, -0.2) is 31.3 Å². The van der Waals surface area contributed by atoms with Gasteiger partial charge in [0.25, 0.3) is 0 Å². The van der Waals surface area contributed by atoms with E-state index < -0.39 is 12.0 Å². The zero-order valence-electron chi connectivity index (χ0n) is 12.4. The third-order valence-corrected chi connectivity index (χ3v) is 3.72. The van der Waals surface area contributed by atoms with Gasteiger partial charge in [0.05, 0.1) is 14.2 Å². The Kier molecular flexibility index (Phi) is 5.82. The highest BCUT2D eigenvalue weighted by molar-refractivity contribution is 5.73. The van der Waals surface area contributed by atoms with Crippen molar-refractivity contribution in [3.63, 3.8) is 0 Å². The summed E-state index contributed by atoms with van der Waals surface area (Å²) in [5.74, 6) is 0.675. The van der Waals surface area contributed by atoms with Gasteiger partial charge in [-0.15, -0.1) is 0 Å². The molecule has 0 amide bonds. The summed E-state index contributed by atoms with van der Waals surface area (Å²) in [5, 5.41) is 8.91. The summed E-state index contributed by atoms with van der Waals surface area (Å²) in [7, 11) is 3.22. The van der Waals surface area contributed by atoms with Gasteiger partial charge in [-0.2, -0.15) is 0 Å². The van der Waals surface area contributed by atoms with Crippen LogP contribution in [0.5, 0.6) is 11.5 Å². The predicted octanol–water partition coefficient (Wildman–Crippen LogP) is 2.25. The van der Waals surface area contributed by atoms with E-state index >= 15 is 0 Å². The number of hydrogen-bond donors (Lipinski definition) is 2. The maximum Gasteiger partial charge on any atom is 0.320 e. The molecule has 0 aliphatic carbocycles. The second-order valence-electron chi connectivity index (χ2n) is 5.02. The van der Waals surface area contributed by atoms with E-state index in [0.29, 0.717) is 6.42 Å². The van der Waals surface area contributed by atoms with E-state index in [2.05, 4.69) is 0 Å². The fourth-order valence-electron chi connectivity index (χ4n) is 2.32. The van der Waals surface area contributed by atoms with Gasteiger partial charge in [0.1, 0.15) is 17.5 Å². The van der Waals surface area contributed by atoms with Gasteiger partial charge in [0.2, 0.25) is 0 Å². The number of hydrogen-bond acceptors (Lipinski definition) is 4. The van der Waals surface area contributed by atoms with Crippen LogP contribution in [0.4, 0.5) is 0 Å². The molecule has 0 aromatic heterocycles. The maximum absolute atomic E-state index is 10.9. The molecule has 3 atom stereocenters. The van der Waals surface area contributed by atoms with E-state index in [4.69, 9.17) is 20.3 Å². The van der Waals surface area contributed by atoms with Crippen LogP contribution in [0.2, 0.25) is 0 Å². The highest BCUT2D eigenvalue weighted by Crippen LogP contribution is 2.39. The highest BCUT2D eigenvalue weighted by Gasteiger charge is 2.25. The van der Waals surface area contributed by atoms with E-state index in [1.807, 2.05) is 32.0 Å². The molecule has 1 rings (SSSR count). The summed E-state index contributed by atoms with van der Waals surface area (Å²) in [4.78, 5) is 10.9. The molecule has 3 N–H and O–H groups in total. The van der Waals surface area contributed by atoms with Gasteiger partial charge in [-0.25, -0.2) is 0 Å². The molecule has 0 bridgehead atoms. The molecule has 3 unspecified atom stereocenters. The lowest BCUT2D eigenvalue weighted by atomic mass is 9.84. The fraction of sp³-hybridized carbons (Fsp3) is 0.533. The lowest BCUT2D eigenvalue weighted by Gasteiger charge is -2.25. The summed E-state index contributed by atoms with van der Waals surface area (Å²) in [6.45, 7) is 4.01. The molecule has 20 heavy (non-hydrogen) atoms. The largest absolute Gasteiger partial charge is 0.496 e. The first kappa shape index (κ1) is 16.3. The Balaban J connectivity index is 3.01. The standard InChI is InChI=1S/C15H23NO4/c1-9(8-11(16)15(17)18)10(2)14-12(19-3)6-5-7-13(14)20-4/h5-7,9-11H,8,16H2,1-4H3,(H,17,18). The summed E-state index contributed by atoms with van der Waals surface area (Å²) in [6, 6.07) is 4.76. The van der Waals surface area contributed by atoms with Crippen molar-refractivity contribution in [2.75, 3.05) is 14.2 Å². The van der Waals surface area contributed by atoms with E-state index in [0.717, 1.165) is 17.1 Å². The van der Waals surface area contributed by atoms with Crippen molar-refractivity contribution < 1.29 is 19.4 Å². The summed E-state index contributed by atoms with van der Waals surface area (Å²) >= 11 is 0. The summed E-state index contributed by atoms with van der Waals surface area (Å²) in [5.41, 5.74) is 6.56. The van der Waals surface area contributed by atoms with Crippen LogP contribution >= 0.6 is 0 Å². The average Bonchev–Trinajstić information content (AvgIpc) is 2.45. The third kappa shape index (κ3) is 3.63. The van der Waals surface area contributed by atoms with Crippen molar-refractivity contribution in [1.29, 1.82) is 0 Å². The average molecular weight is 281 g/mol. The molecule has 0 aliphatic rings. The molecular weight excluding hydrogens is 258 g/mol. The van der Waals surface area contributed by atoms with Crippen molar-refractivity contribution >= 4 is 5.97 Å². The molecule has 0 saturated carbocycles. The number of carboxylic acid groups (broad SMARTS) is 1. The van der Waals surface area contributed by atoms with Crippen LogP contribution in [0, 0.1) is 5.92 Å². The topological polar surface area (TPSA) is 81.8 Å².